The maximum absolute atomic E-state index is 14.2. The Kier molecular flexibility index (Phi) is 9.19. The highest BCUT2D eigenvalue weighted by Gasteiger charge is 2.36. The Labute approximate surface area is 228 Å². The van der Waals surface area contributed by atoms with Crippen molar-refractivity contribution in [1.82, 2.24) is 15.3 Å². The molecule has 0 saturated heterocycles. The van der Waals surface area contributed by atoms with Gasteiger partial charge in [-0.05, 0) is 42.7 Å². The number of carbonyl (C=O) groups excluding carboxylic acids is 2. The highest BCUT2D eigenvalue weighted by molar-refractivity contribution is 6.09. The van der Waals surface area contributed by atoms with E-state index >= 15 is 0 Å². The van der Waals surface area contributed by atoms with E-state index in [4.69, 9.17) is 18.9 Å². The van der Waals surface area contributed by atoms with E-state index in [-0.39, 0.29) is 17.6 Å². The summed E-state index contributed by atoms with van der Waals surface area (Å²) >= 11 is 0. The molecule has 1 aromatic heterocycles. The number of hydrogen-bond acceptors (Lipinski definition) is 8. The second kappa shape index (κ2) is 12.9. The molecule has 4 rings (SSSR count). The molecule has 2 amide bonds. The summed E-state index contributed by atoms with van der Waals surface area (Å²) in [5.41, 5.74) is 1.00. The fourth-order valence-electron chi connectivity index (χ4n) is 4.88. The van der Waals surface area contributed by atoms with Crippen LogP contribution in [0.4, 0.5) is 5.69 Å². The number of benzene rings is 2. The Hall–Kier alpha value is -4.34. The summed E-state index contributed by atoms with van der Waals surface area (Å²) in [4.78, 5) is 38.0. The number of nitrogens with zero attached hydrogens (tertiary/aromatic N) is 3. The molecule has 1 unspecified atom stereocenters. The maximum atomic E-state index is 14.2. The molecule has 10 heteroatoms. The number of methoxy groups -OCH3 is 4. The highest BCUT2D eigenvalue weighted by Crippen LogP contribution is 2.42. The van der Waals surface area contributed by atoms with Crippen LogP contribution >= 0.6 is 0 Å². The van der Waals surface area contributed by atoms with E-state index in [0.717, 1.165) is 32.1 Å². The average molecular weight is 535 g/mol. The lowest BCUT2D eigenvalue weighted by Crippen LogP contribution is -2.47. The number of aromatic nitrogens is 2. The molecule has 1 aliphatic rings. The Morgan fingerprint density at radius 1 is 0.923 bits per heavy atom. The number of anilines is 1. The van der Waals surface area contributed by atoms with Crippen molar-refractivity contribution in [3.63, 3.8) is 0 Å². The molecule has 1 N–H and O–H groups in total. The van der Waals surface area contributed by atoms with E-state index in [2.05, 4.69) is 15.3 Å². The molecule has 3 aromatic rings. The van der Waals surface area contributed by atoms with E-state index in [1.807, 2.05) is 0 Å². The summed E-state index contributed by atoms with van der Waals surface area (Å²) in [6, 6.07) is 9.24. The van der Waals surface area contributed by atoms with Gasteiger partial charge in [0.15, 0.2) is 11.5 Å². The third kappa shape index (κ3) is 6.22. The molecule has 1 atom stereocenters. The van der Waals surface area contributed by atoms with Crippen molar-refractivity contribution in [3.05, 3.63) is 66.2 Å². The second-order valence-electron chi connectivity index (χ2n) is 9.17. The largest absolute Gasteiger partial charge is 0.497 e. The molecule has 1 heterocycles. The Balaban J connectivity index is 1.91. The molecule has 2 aromatic carbocycles. The average Bonchev–Trinajstić information content (AvgIpc) is 2.99. The van der Waals surface area contributed by atoms with Crippen molar-refractivity contribution in [2.24, 2.45) is 0 Å². The van der Waals surface area contributed by atoms with Gasteiger partial charge in [0.05, 0.1) is 34.6 Å². The van der Waals surface area contributed by atoms with Gasteiger partial charge in [-0.2, -0.15) is 0 Å². The van der Waals surface area contributed by atoms with Gasteiger partial charge in [-0.15, -0.1) is 0 Å². The lowest BCUT2D eigenvalue weighted by molar-refractivity contribution is -0.123. The SMILES string of the molecule is COc1cccc(N(C(=O)c2cnccn2)C(C(=O)NC2CCCCC2)c2cc(OC)c(OC)c(OC)c2)c1. The van der Waals surface area contributed by atoms with Gasteiger partial charge in [-0.3, -0.25) is 19.5 Å². The molecule has 1 fully saturated rings. The van der Waals surface area contributed by atoms with Gasteiger partial charge in [0.25, 0.3) is 5.91 Å². The van der Waals surface area contributed by atoms with E-state index in [1.165, 1.54) is 44.8 Å². The van der Waals surface area contributed by atoms with Crippen LogP contribution in [0.2, 0.25) is 0 Å². The van der Waals surface area contributed by atoms with Gasteiger partial charge in [0.2, 0.25) is 11.7 Å². The zero-order chi connectivity index (χ0) is 27.8. The highest BCUT2D eigenvalue weighted by atomic mass is 16.5. The lowest BCUT2D eigenvalue weighted by atomic mass is 9.94. The number of ether oxygens (including phenoxy) is 4. The molecule has 0 aliphatic heterocycles. The van der Waals surface area contributed by atoms with Crippen molar-refractivity contribution in [3.8, 4) is 23.0 Å². The number of hydrogen-bond donors (Lipinski definition) is 1. The lowest BCUT2D eigenvalue weighted by Gasteiger charge is -2.33. The van der Waals surface area contributed by atoms with Crippen LogP contribution < -0.4 is 29.2 Å². The van der Waals surface area contributed by atoms with Gasteiger partial charge in [0.1, 0.15) is 17.5 Å². The zero-order valence-corrected chi connectivity index (χ0v) is 22.7. The van der Waals surface area contributed by atoms with Crippen molar-refractivity contribution in [2.45, 2.75) is 44.2 Å². The molecule has 39 heavy (non-hydrogen) atoms. The summed E-state index contributed by atoms with van der Waals surface area (Å²) in [5, 5.41) is 3.19. The minimum absolute atomic E-state index is 0.00886. The van der Waals surface area contributed by atoms with Crippen LogP contribution in [0.1, 0.15) is 54.2 Å². The van der Waals surface area contributed by atoms with Crippen LogP contribution in [-0.2, 0) is 4.79 Å². The monoisotopic (exact) mass is 534 g/mol. The topological polar surface area (TPSA) is 112 Å². The van der Waals surface area contributed by atoms with Crippen LogP contribution in [0.3, 0.4) is 0 Å². The van der Waals surface area contributed by atoms with Crippen molar-refractivity contribution >= 4 is 17.5 Å². The maximum Gasteiger partial charge on any atom is 0.279 e. The van der Waals surface area contributed by atoms with Crippen LogP contribution in [0.15, 0.2) is 55.0 Å². The third-order valence-electron chi connectivity index (χ3n) is 6.79. The number of rotatable bonds is 10. The van der Waals surface area contributed by atoms with Crippen LogP contribution in [0, 0.1) is 0 Å². The molecule has 0 radical (unpaired) electrons. The molecule has 0 bridgehead atoms. The first kappa shape index (κ1) is 27.7. The quantitative estimate of drug-likeness (QED) is 0.409. The molecular formula is C29H34N4O6. The molecule has 1 aliphatic carbocycles. The van der Waals surface area contributed by atoms with E-state index in [9.17, 15) is 9.59 Å². The summed E-state index contributed by atoms with van der Waals surface area (Å²) in [5.74, 6) is 0.786. The summed E-state index contributed by atoms with van der Waals surface area (Å²) < 4.78 is 22.1. The first-order valence-corrected chi connectivity index (χ1v) is 12.8. The number of carbonyl (C=O) groups is 2. The predicted molar refractivity (Wildman–Crippen MR) is 146 cm³/mol. The molecular weight excluding hydrogens is 500 g/mol. The van der Waals surface area contributed by atoms with Gasteiger partial charge in [-0.25, -0.2) is 4.98 Å². The minimum atomic E-state index is -1.11. The van der Waals surface area contributed by atoms with E-state index in [1.54, 1.807) is 43.5 Å². The van der Waals surface area contributed by atoms with Crippen LogP contribution in [0.25, 0.3) is 0 Å². The second-order valence-corrected chi connectivity index (χ2v) is 9.17. The smallest absolute Gasteiger partial charge is 0.279 e. The van der Waals surface area contributed by atoms with Gasteiger partial charge >= 0.3 is 0 Å². The van der Waals surface area contributed by atoms with Crippen LogP contribution in [0.5, 0.6) is 23.0 Å². The summed E-state index contributed by atoms with van der Waals surface area (Å²) in [7, 11) is 6.05. The first-order valence-electron chi connectivity index (χ1n) is 12.8. The minimum Gasteiger partial charge on any atom is -0.497 e. The summed E-state index contributed by atoms with van der Waals surface area (Å²) in [6.07, 6.45) is 9.28. The van der Waals surface area contributed by atoms with Crippen molar-refractivity contribution < 1.29 is 28.5 Å². The Morgan fingerprint density at radius 2 is 1.64 bits per heavy atom. The number of amides is 2. The predicted octanol–water partition coefficient (Wildman–Crippen LogP) is 4.35. The van der Waals surface area contributed by atoms with E-state index in [0.29, 0.717) is 34.2 Å². The Morgan fingerprint density at radius 3 is 2.23 bits per heavy atom. The molecule has 10 nitrogen and oxygen atoms in total. The molecule has 1 saturated carbocycles. The van der Waals surface area contributed by atoms with Gasteiger partial charge in [0, 0.05) is 30.2 Å². The first-order chi connectivity index (χ1) is 19.0. The fourth-order valence-corrected chi connectivity index (χ4v) is 4.88. The van der Waals surface area contributed by atoms with Gasteiger partial charge < -0.3 is 24.3 Å². The van der Waals surface area contributed by atoms with Crippen molar-refractivity contribution in [1.29, 1.82) is 0 Å². The zero-order valence-electron chi connectivity index (χ0n) is 22.7. The Bertz CT molecular complexity index is 1250. The third-order valence-corrected chi connectivity index (χ3v) is 6.79. The number of nitrogens with one attached hydrogen (secondary N) is 1. The standard InChI is InChI=1S/C29H34N4O6/c1-36-22-12-8-11-21(17-22)33(29(35)23-18-30-13-14-31-23)26(28(34)32-20-9-6-5-7-10-20)19-15-24(37-2)27(39-4)25(16-19)38-3/h8,11-18,20,26H,5-7,9-10H2,1-4H3,(H,32,34). The van der Waals surface area contributed by atoms with E-state index < -0.39 is 11.9 Å². The van der Waals surface area contributed by atoms with Crippen molar-refractivity contribution in [2.75, 3.05) is 33.3 Å². The molecule has 206 valence electrons. The molecule has 0 spiro atoms. The normalized spacial score (nSPS) is 14.2. The van der Waals surface area contributed by atoms with Crippen LogP contribution in [-0.4, -0.2) is 56.3 Å². The fraction of sp³-hybridized carbons (Fsp3) is 0.379. The van der Waals surface area contributed by atoms with Gasteiger partial charge in [-0.1, -0.05) is 25.3 Å². The summed E-state index contributed by atoms with van der Waals surface area (Å²) in [6.45, 7) is 0.